The lowest BCUT2D eigenvalue weighted by molar-refractivity contribution is -0.137. The predicted molar refractivity (Wildman–Crippen MR) is 63.2 cm³/mol. The summed E-state index contributed by atoms with van der Waals surface area (Å²) in [6, 6.07) is 4.16. The molecule has 1 amide bonds. The van der Waals surface area contributed by atoms with Crippen LogP contribution in [0.15, 0.2) is 18.2 Å². The van der Waals surface area contributed by atoms with Gasteiger partial charge in [0.05, 0.1) is 22.1 Å². The smallest absolute Gasteiger partial charge is 0.324 e. The van der Waals surface area contributed by atoms with Crippen LogP contribution in [0.1, 0.15) is 18.1 Å². The summed E-state index contributed by atoms with van der Waals surface area (Å²) in [6.45, 7) is 1.51. The van der Waals surface area contributed by atoms with E-state index in [0.717, 1.165) is 12.1 Å². The number of thiol groups is 1. The number of alkyl halides is 3. The van der Waals surface area contributed by atoms with Crippen LogP contribution < -0.4 is 5.32 Å². The van der Waals surface area contributed by atoms with Gasteiger partial charge in [-0.15, -0.1) is 0 Å². The summed E-state index contributed by atoms with van der Waals surface area (Å²) in [5, 5.41) is 10.5. The van der Waals surface area contributed by atoms with Crippen molar-refractivity contribution in [3.05, 3.63) is 29.3 Å². The Morgan fingerprint density at radius 2 is 2.11 bits per heavy atom. The van der Waals surface area contributed by atoms with Crippen molar-refractivity contribution in [2.75, 3.05) is 5.32 Å². The number of anilines is 1. The molecule has 1 unspecified atom stereocenters. The van der Waals surface area contributed by atoms with Gasteiger partial charge in [-0.1, -0.05) is 0 Å². The van der Waals surface area contributed by atoms with E-state index in [4.69, 9.17) is 5.26 Å². The molecule has 0 aliphatic carbocycles. The summed E-state index contributed by atoms with van der Waals surface area (Å²) in [5.41, 5.74) is -1.14. The van der Waals surface area contributed by atoms with E-state index in [-0.39, 0.29) is 11.3 Å². The van der Waals surface area contributed by atoms with Gasteiger partial charge in [0.1, 0.15) is 6.07 Å². The second-order valence-corrected chi connectivity index (χ2v) is 4.31. The van der Waals surface area contributed by atoms with Crippen LogP contribution in [0.4, 0.5) is 18.9 Å². The SMILES string of the molecule is CC(S)C(=O)Nc1ccc(C(F)(F)F)cc1C#N. The lowest BCUT2D eigenvalue weighted by Crippen LogP contribution is -2.21. The van der Waals surface area contributed by atoms with Crippen LogP contribution in [0.25, 0.3) is 0 Å². The van der Waals surface area contributed by atoms with Gasteiger partial charge in [0, 0.05) is 0 Å². The van der Waals surface area contributed by atoms with E-state index < -0.39 is 22.9 Å². The number of hydrogen-bond acceptors (Lipinski definition) is 3. The summed E-state index contributed by atoms with van der Waals surface area (Å²) in [7, 11) is 0. The zero-order valence-corrected chi connectivity index (χ0v) is 10.1. The molecule has 3 nitrogen and oxygen atoms in total. The number of benzene rings is 1. The summed E-state index contributed by atoms with van der Waals surface area (Å²) >= 11 is 3.88. The third-order valence-electron chi connectivity index (χ3n) is 2.10. The van der Waals surface area contributed by atoms with Gasteiger partial charge in [-0.3, -0.25) is 4.79 Å². The first kappa shape index (κ1) is 14.4. The van der Waals surface area contributed by atoms with Crippen molar-refractivity contribution < 1.29 is 18.0 Å². The highest BCUT2D eigenvalue weighted by Gasteiger charge is 2.31. The third-order valence-corrected chi connectivity index (χ3v) is 2.34. The van der Waals surface area contributed by atoms with Crippen LogP contribution in [-0.2, 0) is 11.0 Å². The lowest BCUT2D eigenvalue weighted by atomic mass is 10.1. The standard InChI is InChI=1S/C11H9F3N2OS/c1-6(18)10(17)16-9-3-2-8(11(12,13)14)4-7(9)5-15/h2-4,6,18H,1H3,(H,16,17). The molecule has 0 spiro atoms. The van der Waals surface area contributed by atoms with Crippen LogP contribution in [0.3, 0.4) is 0 Å². The van der Waals surface area contributed by atoms with Gasteiger partial charge in [0.2, 0.25) is 5.91 Å². The Labute approximate surface area is 107 Å². The van der Waals surface area contributed by atoms with Gasteiger partial charge in [-0.05, 0) is 25.1 Å². The van der Waals surface area contributed by atoms with E-state index in [0.29, 0.717) is 6.07 Å². The van der Waals surface area contributed by atoms with Crippen molar-refractivity contribution in [1.29, 1.82) is 5.26 Å². The lowest BCUT2D eigenvalue weighted by Gasteiger charge is -2.11. The fourth-order valence-electron chi connectivity index (χ4n) is 1.16. The highest BCUT2D eigenvalue weighted by atomic mass is 32.1. The molecule has 96 valence electrons. The van der Waals surface area contributed by atoms with E-state index in [1.165, 1.54) is 6.92 Å². The molecule has 0 aromatic heterocycles. The Morgan fingerprint density at radius 1 is 1.50 bits per heavy atom. The largest absolute Gasteiger partial charge is 0.416 e. The van der Waals surface area contributed by atoms with Crippen LogP contribution in [-0.4, -0.2) is 11.2 Å². The van der Waals surface area contributed by atoms with Crippen LogP contribution in [0.5, 0.6) is 0 Å². The molecule has 0 radical (unpaired) electrons. The molecular weight excluding hydrogens is 265 g/mol. The van der Waals surface area contributed by atoms with Gasteiger partial charge in [0.25, 0.3) is 0 Å². The predicted octanol–water partition coefficient (Wildman–Crippen LogP) is 2.83. The Bertz CT molecular complexity index is 506. The number of halogens is 3. The minimum Gasteiger partial charge on any atom is -0.324 e. The minimum absolute atomic E-state index is 0.0383. The Morgan fingerprint density at radius 3 is 2.56 bits per heavy atom. The number of rotatable bonds is 2. The van der Waals surface area contributed by atoms with E-state index in [2.05, 4.69) is 17.9 Å². The average Bonchev–Trinajstić information content (AvgIpc) is 2.27. The molecule has 0 aliphatic heterocycles. The molecule has 1 aromatic carbocycles. The summed E-state index contributed by atoms with van der Waals surface area (Å²) in [5.74, 6) is -0.491. The fraction of sp³-hybridized carbons (Fsp3) is 0.273. The third kappa shape index (κ3) is 3.40. The quantitative estimate of drug-likeness (QED) is 0.815. The van der Waals surface area contributed by atoms with Crippen LogP contribution >= 0.6 is 12.6 Å². The zero-order chi connectivity index (χ0) is 13.9. The highest BCUT2D eigenvalue weighted by molar-refractivity contribution is 7.81. The van der Waals surface area contributed by atoms with Crippen molar-refractivity contribution in [1.82, 2.24) is 0 Å². The topological polar surface area (TPSA) is 52.9 Å². The molecule has 1 aromatic rings. The second kappa shape index (κ2) is 5.31. The second-order valence-electron chi connectivity index (χ2n) is 3.54. The normalized spacial score (nSPS) is 12.7. The van der Waals surface area contributed by atoms with Crippen LogP contribution in [0.2, 0.25) is 0 Å². The molecule has 0 heterocycles. The maximum absolute atomic E-state index is 12.4. The Balaban J connectivity index is 3.10. The number of nitriles is 1. The summed E-state index contributed by atoms with van der Waals surface area (Å²) in [4.78, 5) is 11.3. The van der Waals surface area contributed by atoms with Gasteiger partial charge in [-0.25, -0.2) is 0 Å². The molecule has 0 bridgehead atoms. The first-order chi connectivity index (χ1) is 8.25. The molecule has 0 saturated carbocycles. The highest BCUT2D eigenvalue weighted by Crippen LogP contribution is 2.31. The molecule has 1 rings (SSSR count). The molecule has 18 heavy (non-hydrogen) atoms. The summed E-state index contributed by atoms with van der Waals surface area (Å²) < 4.78 is 37.3. The first-order valence-electron chi connectivity index (χ1n) is 4.86. The number of carbonyl (C=O) groups excluding carboxylic acids is 1. The molecular formula is C11H9F3N2OS. The van der Waals surface area contributed by atoms with E-state index >= 15 is 0 Å². The van der Waals surface area contributed by atoms with Gasteiger partial charge < -0.3 is 5.32 Å². The Hall–Kier alpha value is -1.68. The Kier molecular flexibility index (Phi) is 4.24. The number of nitrogens with zero attached hydrogens (tertiary/aromatic N) is 1. The van der Waals surface area contributed by atoms with Crippen molar-refractivity contribution in [2.45, 2.75) is 18.3 Å². The molecule has 7 heteroatoms. The van der Waals surface area contributed by atoms with Crippen molar-refractivity contribution in [3.63, 3.8) is 0 Å². The maximum Gasteiger partial charge on any atom is 0.416 e. The maximum atomic E-state index is 12.4. The van der Waals surface area contributed by atoms with Crippen molar-refractivity contribution in [3.8, 4) is 6.07 Å². The molecule has 0 aliphatic rings. The van der Waals surface area contributed by atoms with Crippen molar-refractivity contribution in [2.24, 2.45) is 0 Å². The average molecular weight is 274 g/mol. The monoisotopic (exact) mass is 274 g/mol. The van der Waals surface area contributed by atoms with Gasteiger partial charge in [0.15, 0.2) is 0 Å². The summed E-state index contributed by atoms with van der Waals surface area (Å²) in [6.07, 6.45) is -4.52. The number of amides is 1. The molecule has 1 atom stereocenters. The zero-order valence-electron chi connectivity index (χ0n) is 9.25. The van der Waals surface area contributed by atoms with Crippen LogP contribution in [0, 0.1) is 11.3 Å². The van der Waals surface area contributed by atoms with Gasteiger partial charge >= 0.3 is 6.18 Å². The minimum atomic E-state index is -4.52. The first-order valence-corrected chi connectivity index (χ1v) is 5.37. The fourth-order valence-corrected chi connectivity index (χ4v) is 1.22. The molecule has 0 fully saturated rings. The van der Waals surface area contributed by atoms with E-state index in [1.54, 1.807) is 6.07 Å². The number of hydrogen-bond donors (Lipinski definition) is 2. The van der Waals surface area contributed by atoms with E-state index in [1.807, 2.05) is 0 Å². The number of nitrogens with one attached hydrogen (secondary N) is 1. The molecule has 0 saturated heterocycles. The van der Waals surface area contributed by atoms with E-state index in [9.17, 15) is 18.0 Å². The van der Waals surface area contributed by atoms with Gasteiger partial charge in [-0.2, -0.15) is 31.1 Å². The van der Waals surface area contributed by atoms with Crippen molar-refractivity contribution >= 4 is 24.2 Å². The number of carbonyl (C=O) groups is 1. The molecule has 1 N–H and O–H groups in total.